The summed E-state index contributed by atoms with van der Waals surface area (Å²) >= 11 is 0. The Kier molecular flexibility index (Phi) is 12.9. The maximum atomic E-state index is 2.65. The van der Waals surface area contributed by atoms with Crippen LogP contribution >= 0.6 is 0 Å². The van der Waals surface area contributed by atoms with Crippen LogP contribution in [0, 0.1) is 13.8 Å². The largest absolute Gasteiger partial charge is 0.310 e. The minimum atomic E-state index is -0.164. The smallest absolute Gasteiger partial charge is 0.252 e. The fourth-order valence-corrected chi connectivity index (χ4v) is 13.6. The lowest BCUT2D eigenvalue weighted by atomic mass is 9.33. The number of nitrogens with zero attached hydrogens (tertiary/aromatic N) is 2. The minimum absolute atomic E-state index is 0.0975. The van der Waals surface area contributed by atoms with Crippen molar-refractivity contribution in [3.05, 3.63) is 343 Å². The van der Waals surface area contributed by atoms with Crippen LogP contribution in [-0.4, -0.2) is 6.71 Å². The van der Waals surface area contributed by atoms with Crippen molar-refractivity contribution in [1.82, 2.24) is 0 Å². The maximum Gasteiger partial charge on any atom is 0.252 e. The number of hydrogen-bond acceptors (Lipinski definition) is 2. The van der Waals surface area contributed by atoms with E-state index in [2.05, 4.69) is 339 Å². The van der Waals surface area contributed by atoms with E-state index >= 15 is 0 Å². The summed E-state index contributed by atoms with van der Waals surface area (Å²) < 4.78 is 0. The third-order valence-corrected chi connectivity index (χ3v) is 17.2. The first-order valence-corrected chi connectivity index (χ1v) is 29.3. The van der Waals surface area contributed by atoms with Crippen molar-refractivity contribution in [3.8, 4) is 66.8 Å². The highest BCUT2D eigenvalue weighted by Crippen LogP contribution is 2.54. The second-order valence-corrected chi connectivity index (χ2v) is 22.5. The molecule has 0 saturated carbocycles. The molecule has 1 unspecified atom stereocenters. The second kappa shape index (κ2) is 21.4. The molecule has 13 aromatic rings. The van der Waals surface area contributed by atoms with Gasteiger partial charge in [-0.05, 0) is 151 Å². The lowest BCUT2D eigenvalue weighted by Gasteiger charge is -2.46. The van der Waals surface area contributed by atoms with Gasteiger partial charge in [0.25, 0.3) is 6.71 Å². The van der Waals surface area contributed by atoms with Crippen LogP contribution in [0.5, 0.6) is 0 Å². The highest BCUT2D eigenvalue weighted by Gasteiger charge is 2.45. The Morgan fingerprint density at radius 2 is 0.548 bits per heavy atom. The van der Waals surface area contributed by atoms with Gasteiger partial charge in [0, 0.05) is 50.9 Å². The Morgan fingerprint density at radius 3 is 0.929 bits per heavy atom. The van der Waals surface area contributed by atoms with Gasteiger partial charge in [-0.1, -0.05) is 267 Å². The van der Waals surface area contributed by atoms with Crippen LogP contribution in [0.1, 0.15) is 33.7 Å². The number of anilines is 6. The normalized spacial score (nSPS) is 12.5. The molecule has 0 N–H and O–H groups in total. The lowest BCUT2D eigenvalue weighted by Crippen LogP contribution is -2.61. The number of rotatable bonds is 11. The van der Waals surface area contributed by atoms with E-state index in [4.69, 9.17) is 0 Å². The van der Waals surface area contributed by atoms with Gasteiger partial charge in [0.15, 0.2) is 0 Å². The Morgan fingerprint density at radius 1 is 0.250 bits per heavy atom. The molecule has 2 nitrogen and oxygen atoms in total. The van der Waals surface area contributed by atoms with Crippen LogP contribution < -0.4 is 26.2 Å². The molecule has 0 radical (unpaired) electrons. The highest BCUT2D eigenvalue weighted by molar-refractivity contribution is 7.00. The molecule has 2 aliphatic heterocycles. The zero-order valence-electron chi connectivity index (χ0n) is 47.1. The molecular weight excluding hydrogens is 1010 g/mol. The number of hydrogen-bond donors (Lipinski definition) is 0. The van der Waals surface area contributed by atoms with Crippen LogP contribution in [-0.2, 0) is 0 Å². The molecule has 0 bridgehead atoms. The predicted octanol–water partition coefficient (Wildman–Crippen LogP) is 19.6. The fraction of sp³-hybridized carbons (Fsp3) is 0.0370. The van der Waals surface area contributed by atoms with Crippen molar-refractivity contribution < 1.29 is 0 Å². The van der Waals surface area contributed by atoms with E-state index in [-0.39, 0.29) is 12.6 Å². The maximum absolute atomic E-state index is 2.65. The third kappa shape index (κ3) is 8.85. The van der Waals surface area contributed by atoms with Gasteiger partial charge in [0.1, 0.15) is 0 Å². The van der Waals surface area contributed by atoms with Crippen molar-refractivity contribution in [2.24, 2.45) is 0 Å². The first-order valence-electron chi connectivity index (χ1n) is 29.3. The molecule has 0 saturated heterocycles. The Labute approximate surface area is 494 Å². The average Bonchev–Trinajstić information content (AvgIpc) is 3.38. The molecular formula is C81H59BN2. The van der Waals surface area contributed by atoms with Crippen molar-refractivity contribution in [2.75, 3.05) is 9.80 Å². The lowest BCUT2D eigenvalue weighted by molar-refractivity contribution is 0.976. The Balaban J connectivity index is 1.07. The van der Waals surface area contributed by atoms with E-state index in [9.17, 15) is 0 Å². The zero-order valence-corrected chi connectivity index (χ0v) is 47.1. The van der Waals surface area contributed by atoms with E-state index in [1.54, 1.807) is 0 Å². The Bertz CT molecular complexity index is 4220. The predicted molar refractivity (Wildman–Crippen MR) is 356 cm³/mol. The second-order valence-electron chi connectivity index (χ2n) is 22.5. The van der Waals surface area contributed by atoms with Gasteiger partial charge in [-0.3, -0.25) is 0 Å². The third-order valence-electron chi connectivity index (χ3n) is 17.2. The van der Waals surface area contributed by atoms with E-state index in [1.807, 2.05) is 0 Å². The van der Waals surface area contributed by atoms with Gasteiger partial charge in [-0.2, -0.15) is 0 Å². The van der Waals surface area contributed by atoms with Crippen LogP contribution in [0.3, 0.4) is 0 Å². The molecule has 13 aromatic carbocycles. The first kappa shape index (κ1) is 50.5. The van der Waals surface area contributed by atoms with Crippen LogP contribution in [0.2, 0.25) is 0 Å². The van der Waals surface area contributed by atoms with Crippen molar-refractivity contribution in [1.29, 1.82) is 0 Å². The molecule has 1 atom stereocenters. The molecule has 0 aliphatic carbocycles. The van der Waals surface area contributed by atoms with Crippen LogP contribution in [0.4, 0.5) is 34.1 Å². The molecule has 3 heteroatoms. The van der Waals surface area contributed by atoms with E-state index in [0.717, 1.165) is 22.7 Å². The quantitative estimate of drug-likeness (QED) is 0.0941. The zero-order chi connectivity index (χ0) is 56.1. The average molecular weight is 1070 g/mol. The van der Waals surface area contributed by atoms with E-state index in [1.165, 1.54) is 122 Å². The van der Waals surface area contributed by atoms with Gasteiger partial charge in [0.2, 0.25) is 0 Å². The van der Waals surface area contributed by atoms with Gasteiger partial charge >= 0.3 is 0 Å². The van der Waals surface area contributed by atoms with Gasteiger partial charge in [-0.25, -0.2) is 0 Å². The fourth-order valence-electron chi connectivity index (χ4n) is 13.6. The number of benzene rings is 13. The minimum Gasteiger partial charge on any atom is -0.310 e. The van der Waals surface area contributed by atoms with Gasteiger partial charge in [-0.15, -0.1) is 0 Å². The van der Waals surface area contributed by atoms with Crippen LogP contribution in [0.25, 0.3) is 66.8 Å². The van der Waals surface area contributed by atoms with Crippen LogP contribution in [0.15, 0.2) is 315 Å². The van der Waals surface area contributed by atoms with E-state index < -0.39 is 0 Å². The molecule has 2 aliphatic rings. The molecule has 84 heavy (non-hydrogen) atoms. The summed E-state index contributed by atoms with van der Waals surface area (Å²) in [5, 5.41) is 0. The topological polar surface area (TPSA) is 6.48 Å². The number of fused-ring (bicyclic) bond motifs is 4. The van der Waals surface area contributed by atoms with Crippen molar-refractivity contribution >= 4 is 57.2 Å². The molecule has 15 rings (SSSR count). The van der Waals surface area contributed by atoms with E-state index in [0.29, 0.717) is 0 Å². The Hall–Kier alpha value is -10.5. The number of aryl methyl sites for hydroxylation is 2. The van der Waals surface area contributed by atoms with Gasteiger partial charge in [0.05, 0.1) is 11.4 Å². The first-order chi connectivity index (χ1) is 41.5. The van der Waals surface area contributed by atoms with Crippen molar-refractivity contribution in [2.45, 2.75) is 19.8 Å². The molecule has 0 fully saturated rings. The monoisotopic (exact) mass is 1070 g/mol. The molecule has 0 amide bonds. The summed E-state index contributed by atoms with van der Waals surface area (Å²) in [7, 11) is 0. The summed E-state index contributed by atoms with van der Waals surface area (Å²) in [5.74, 6) is -0.164. The summed E-state index contributed by atoms with van der Waals surface area (Å²) in [6.45, 7) is 4.39. The number of para-hydroxylation sites is 2. The standard InChI is InChI=1S/C81H59BN2/c1-55-49-68(58-29-11-4-12-30-58)80(69(50-55)59-31-13-5-14-32-59)83-74-43-25-23-41-72(74)82-73-42-24-26-44-75(73)84(81-70(60-33-15-6-16-34-60)51-56(2)52-71(81)61-35-17-7-18-36-61)77-54-65(53-76(83)79(77)82)78(63-37-19-8-20-38-63)64-47-45-62(46-48-64)67-40-22-21-39-66(67)57-27-9-3-10-28-57/h3-54,78H,1-2H3. The molecule has 0 aromatic heterocycles. The molecule has 396 valence electrons. The summed E-state index contributed by atoms with van der Waals surface area (Å²) in [6.07, 6.45) is 0. The van der Waals surface area contributed by atoms with Gasteiger partial charge < -0.3 is 9.80 Å². The summed E-state index contributed by atoms with van der Waals surface area (Å²) in [5.41, 5.74) is 31.0. The highest BCUT2D eigenvalue weighted by atomic mass is 15.2. The SMILES string of the molecule is Cc1cc(-c2ccccc2)c(N2c3ccccc3B3c4ccccc4N(c4c(-c5ccccc5)cc(C)cc4-c4ccccc4)c4cc(C(c5ccccc5)c5ccc(-c6ccccc6-c6ccccc6)cc5)cc2c43)c(-c2ccccc2)c1. The molecule has 0 spiro atoms. The molecule has 2 heterocycles. The van der Waals surface area contributed by atoms with Crippen molar-refractivity contribution in [3.63, 3.8) is 0 Å². The summed E-state index contributed by atoms with van der Waals surface area (Å²) in [6, 6.07) is 117. The summed E-state index contributed by atoms with van der Waals surface area (Å²) in [4.78, 5) is 5.31.